The monoisotopic (exact) mass is 389 g/mol. The number of rotatable bonds is 6. The molecule has 1 N–H and O–H groups in total. The van der Waals surface area contributed by atoms with E-state index in [1.807, 2.05) is 13.1 Å². The Morgan fingerprint density at radius 1 is 1.23 bits per heavy atom. The minimum absolute atomic E-state index is 0.271. The zero-order valence-corrected chi connectivity index (χ0v) is 15.5. The SMILES string of the molecule is Cc1nn(CCCNS(=O)(=O)c2c(C)nn(C)c2C)cc1Br. The summed E-state index contributed by atoms with van der Waals surface area (Å²) in [4.78, 5) is 0.271. The zero-order chi connectivity index (χ0) is 16.5. The van der Waals surface area contributed by atoms with E-state index < -0.39 is 10.0 Å². The molecule has 0 aromatic carbocycles. The maximum absolute atomic E-state index is 12.4. The molecule has 2 rings (SSSR count). The highest BCUT2D eigenvalue weighted by Gasteiger charge is 2.23. The number of aromatic nitrogens is 4. The highest BCUT2D eigenvalue weighted by molar-refractivity contribution is 9.10. The molecule has 0 spiro atoms. The third-order valence-corrected chi connectivity index (χ3v) is 5.94. The summed E-state index contributed by atoms with van der Waals surface area (Å²) in [5.74, 6) is 0. The van der Waals surface area contributed by atoms with Crippen LogP contribution in [0.1, 0.15) is 23.5 Å². The Morgan fingerprint density at radius 3 is 2.41 bits per heavy atom. The molecule has 0 fully saturated rings. The fourth-order valence-electron chi connectivity index (χ4n) is 2.27. The first-order chi connectivity index (χ1) is 10.2. The van der Waals surface area contributed by atoms with Crippen molar-refractivity contribution >= 4 is 26.0 Å². The third-order valence-electron chi connectivity index (χ3n) is 3.45. The van der Waals surface area contributed by atoms with Gasteiger partial charge in [-0.3, -0.25) is 9.36 Å². The van der Waals surface area contributed by atoms with Gasteiger partial charge in [-0.15, -0.1) is 0 Å². The fraction of sp³-hybridized carbons (Fsp3) is 0.538. The van der Waals surface area contributed by atoms with Gasteiger partial charge in [0.25, 0.3) is 0 Å². The summed E-state index contributed by atoms with van der Waals surface area (Å²) in [6, 6.07) is 0. The van der Waals surface area contributed by atoms with Crippen molar-refractivity contribution < 1.29 is 8.42 Å². The van der Waals surface area contributed by atoms with Crippen LogP contribution < -0.4 is 4.72 Å². The molecule has 122 valence electrons. The van der Waals surface area contributed by atoms with Gasteiger partial charge in [-0.25, -0.2) is 13.1 Å². The summed E-state index contributed by atoms with van der Waals surface area (Å²) in [5.41, 5.74) is 2.07. The van der Waals surface area contributed by atoms with Crippen molar-refractivity contribution in [2.75, 3.05) is 6.54 Å². The van der Waals surface area contributed by atoms with E-state index in [2.05, 4.69) is 30.8 Å². The van der Waals surface area contributed by atoms with Gasteiger partial charge in [-0.05, 0) is 43.1 Å². The van der Waals surface area contributed by atoms with Crippen LogP contribution in [0.4, 0.5) is 0 Å². The maximum atomic E-state index is 12.4. The van der Waals surface area contributed by atoms with Crippen LogP contribution in [-0.4, -0.2) is 34.5 Å². The van der Waals surface area contributed by atoms with Gasteiger partial charge in [0.05, 0.1) is 21.6 Å². The van der Waals surface area contributed by atoms with Crippen molar-refractivity contribution in [3.05, 3.63) is 27.8 Å². The van der Waals surface area contributed by atoms with E-state index in [4.69, 9.17) is 0 Å². The fourth-order valence-corrected chi connectivity index (χ4v) is 4.09. The van der Waals surface area contributed by atoms with Crippen molar-refractivity contribution in [1.82, 2.24) is 24.3 Å². The van der Waals surface area contributed by atoms with E-state index in [1.54, 1.807) is 30.3 Å². The molecule has 0 aliphatic carbocycles. The standard InChI is InChI=1S/C13H20BrN5O2S/c1-9-12(14)8-19(17-9)7-5-6-15-22(20,21)13-10(2)16-18(4)11(13)3/h8,15H,5-7H2,1-4H3. The molecular formula is C13H20BrN5O2S. The summed E-state index contributed by atoms with van der Waals surface area (Å²) in [6.07, 6.45) is 2.55. The minimum atomic E-state index is -3.53. The second kappa shape index (κ2) is 6.51. The van der Waals surface area contributed by atoms with Gasteiger partial charge in [-0.1, -0.05) is 0 Å². The summed E-state index contributed by atoms with van der Waals surface area (Å²) < 4.78 is 31.7. The van der Waals surface area contributed by atoms with Crippen LogP contribution in [0.2, 0.25) is 0 Å². The van der Waals surface area contributed by atoms with Gasteiger partial charge < -0.3 is 0 Å². The summed E-state index contributed by atoms with van der Waals surface area (Å²) in [5, 5.41) is 8.46. The third kappa shape index (κ3) is 3.58. The predicted molar refractivity (Wildman–Crippen MR) is 87.2 cm³/mol. The lowest BCUT2D eigenvalue weighted by molar-refractivity contribution is 0.550. The van der Waals surface area contributed by atoms with Crippen LogP contribution in [0, 0.1) is 20.8 Å². The van der Waals surface area contributed by atoms with Crippen molar-refractivity contribution in [2.24, 2.45) is 7.05 Å². The number of hydrogen-bond acceptors (Lipinski definition) is 4. The first-order valence-electron chi connectivity index (χ1n) is 6.92. The summed E-state index contributed by atoms with van der Waals surface area (Å²) >= 11 is 3.40. The Kier molecular flexibility index (Phi) is 5.08. The largest absolute Gasteiger partial charge is 0.271 e. The van der Waals surface area contributed by atoms with Crippen LogP contribution >= 0.6 is 15.9 Å². The summed E-state index contributed by atoms with van der Waals surface area (Å²) in [7, 11) is -1.80. The molecule has 0 atom stereocenters. The molecule has 22 heavy (non-hydrogen) atoms. The molecule has 0 aliphatic heterocycles. The van der Waals surface area contributed by atoms with Gasteiger partial charge in [0.15, 0.2) is 0 Å². The normalized spacial score (nSPS) is 12.0. The molecule has 0 saturated heterocycles. The molecule has 9 heteroatoms. The Balaban J connectivity index is 1.96. The van der Waals surface area contributed by atoms with Gasteiger partial charge in [0.1, 0.15) is 4.90 Å². The van der Waals surface area contributed by atoms with E-state index >= 15 is 0 Å². The van der Waals surface area contributed by atoms with Gasteiger partial charge in [-0.2, -0.15) is 10.2 Å². The highest BCUT2D eigenvalue weighted by Crippen LogP contribution is 2.18. The second-order valence-electron chi connectivity index (χ2n) is 5.20. The van der Waals surface area contributed by atoms with E-state index in [0.29, 0.717) is 30.9 Å². The molecule has 0 radical (unpaired) electrons. The van der Waals surface area contributed by atoms with Gasteiger partial charge in [0, 0.05) is 26.3 Å². The molecule has 2 aromatic rings. The topological polar surface area (TPSA) is 81.8 Å². The molecule has 0 bridgehead atoms. The predicted octanol–water partition coefficient (Wildman–Crippen LogP) is 1.67. The molecule has 2 aromatic heterocycles. The second-order valence-corrected chi connectivity index (χ2v) is 7.76. The number of hydrogen-bond donors (Lipinski definition) is 1. The molecule has 0 amide bonds. The number of halogens is 1. The molecular weight excluding hydrogens is 370 g/mol. The highest BCUT2D eigenvalue weighted by atomic mass is 79.9. The van der Waals surface area contributed by atoms with Gasteiger partial charge in [0.2, 0.25) is 10.0 Å². The van der Waals surface area contributed by atoms with Crippen molar-refractivity contribution in [3.63, 3.8) is 0 Å². The lowest BCUT2D eigenvalue weighted by atomic mass is 10.4. The van der Waals surface area contributed by atoms with Crippen LogP contribution in [0.25, 0.3) is 0 Å². The van der Waals surface area contributed by atoms with Crippen molar-refractivity contribution in [3.8, 4) is 0 Å². The molecule has 0 aliphatic rings. The quantitative estimate of drug-likeness (QED) is 0.761. The Morgan fingerprint density at radius 2 is 1.91 bits per heavy atom. The Hall–Kier alpha value is -1.19. The smallest absolute Gasteiger partial charge is 0.244 e. The number of nitrogens with zero attached hydrogens (tertiary/aromatic N) is 4. The summed E-state index contributed by atoms with van der Waals surface area (Å²) in [6.45, 7) is 6.37. The van der Waals surface area contributed by atoms with E-state index in [-0.39, 0.29) is 4.90 Å². The van der Waals surface area contributed by atoms with E-state index in [1.165, 1.54) is 0 Å². The van der Waals surface area contributed by atoms with E-state index in [9.17, 15) is 8.42 Å². The number of nitrogens with one attached hydrogen (secondary N) is 1. The Bertz CT molecular complexity index is 759. The van der Waals surface area contributed by atoms with Crippen molar-refractivity contribution in [2.45, 2.75) is 38.6 Å². The van der Waals surface area contributed by atoms with E-state index in [0.717, 1.165) is 10.2 Å². The molecule has 2 heterocycles. The number of sulfonamides is 1. The average Bonchev–Trinajstić information content (AvgIpc) is 2.86. The zero-order valence-electron chi connectivity index (χ0n) is 13.1. The molecule has 0 unspecified atom stereocenters. The van der Waals surface area contributed by atoms with Crippen LogP contribution in [0.3, 0.4) is 0 Å². The lowest BCUT2D eigenvalue weighted by Crippen LogP contribution is -2.26. The average molecular weight is 390 g/mol. The first-order valence-corrected chi connectivity index (χ1v) is 9.19. The van der Waals surface area contributed by atoms with Crippen molar-refractivity contribution in [1.29, 1.82) is 0 Å². The Labute approximate surface area is 138 Å². The number of aryl methyl sites for hydroxylation is 4. The first kappa shape index (κ1) is 17.2. The molecule has 7 nitrogen and oxygen atoms in total. The van der Waals surface area contributed by atoms with Gasteiger partial charge >= 0.3 is 0 Å². The minimum Gasteiger partial charge on any atom is -0.271 e. The van der Waals surface area contributed by atoms with Crippen LogP contribution in [0.15, 0.2) is 15.6 Å². The lowest BCUT2D eigenvalue weighted by Gasteiger charge is -2.07. The van der Waals surface area contributed by atoms with Crippen LogP contribution in [0.5, 0.6) is 0 Å². The maximum Gasteiger partial charge on any atom is 0.244 e. The molecule has 0 saturated carbocycles. The van der Waals surface area contributed by atoms with Crippen LogP contribution in [-0.2, 0) is 23.6 Å².